The van der Waals surface area contributed by atoms with Crippen molar-refractivity contribution in [2.24, 2.45) is 46.3 Å². The number of fused-ring (bicyclic) bond motifs is 7. The highest BCUT2D eigenvalue weighted by Crippen LogP contribution is 2.68. The highest BCUT2D eigenvalue weighted by atomic mass is 16.5. The summed E-state index contributed by atoms with van der Waals surface area (Å²) < 4.78 is 11.2. The van der Waals surface area contributed by atoms with E-state index in [0.29, 0.717) is 36.7 Å². The molecule has 4 aliphatic rings. The summed E-state index contributed by atoms with van der Waals surface area (Å²) in [6.07, 6.45) is 6.03. The first kappa shape index (κ1) is 31.6. The standard InChI is InChI=1S/C40H50O6/c1-23(13-16-35(43)45-4)30-14-15-31-37-32(22-34(42)40(30,31)3)39(2)18-17-27(20-26(39)21-33(37)41)46-38(44)36-28-11-7-5-9-24(28)19-25-10-6-8-12-29(25)36/h5-12,19,23,26-27,30-34,37,41-42H,13-18,20-22H2,1-4H3/t23-,26+,27-,30-,31+,32+,33-,34+,37+,39+,40-/m1/s1. The Bertz CT molecular complexity index is 1580. The molecule has 11 atom stereocenters. The Kier molecular flexibility index (Phi) is 8.20. The van der Waals surface area contributed by atoms with Crippen LogP contribution in [0, 0.1) is 46.3 Å². The summed E-state index contributed by atoms with van der Waals surface area (Å²) in [4.78, 5) is 25.8. The average molecular weight is 627 g/mol. The van der Waals surface area contributed by atoms with Gasteiger partial charge in [0.25, 0.3) is 0 Å². The second-order valence-electron chi connectivity index (χ2n) is 15.7. The highest BCUT2D eigenvalue weighted by molar-refractivity contribution is 6.16. The van der Waals surface area contributed by atoms with Crippen molar-refractivity contribution < 1.29 is 29.3 Å². The lowest BCUT2D eigenvalue weighted by atomic mass is 9.43. The Morgan fingerprint density at radius 2 is 1.59 bits per heavy atom. The number of aliphatic hydroxyl groups is 2. The van der Waals surface area contributed by atoms with Crippen molar-refractivity contribution in [3.63, 3.8) is 0 Å². The zero-order chi connectivity index (χ0) is 32.4. The van der Waals surface area contributed by atoms with E-state index in [2.05, 4.69) is 26.8 Å². The first-order valence-corrected chi connectivity index (χ1v) is 17.6. The third-order valence-electron chi connectivity index (χ3n) is 13.8. The van der Waals surface area contributed by atoms with Crippen molar-refractivity contribution >= 4 is 33.5 Å². The van der Waals surface area contributed by atoms with Gasteiger partial charge in [-0.3, -0.25) is 4.79 Å². The maximum Gasteiger partial charge on any atom is 0.339 e. The van der Waals surface area contributed by atoms with Crippen molar-refractivity contribution in [1.29, 1.82) is 0 Å². The van der Waals surface area contributed by atoms with Crippen molar-refractivity contribution in [3.05, 3.63) is 60.2 Å². The number of carbonyl (C=O) groups excluding carboxylic acids is 2. The van der Waals surface area contributed by atoms with Crippen LogP contribution in [0.15, 0.2) is 54.6 Å². The number of methoxy groups -OCH3 is 1. The molecule has 7 rings (SSSR count). The lowest BCUT2D eigenvalue weighted by Gasteiger charge is -2.63. The molecule has 6 heteroatoms. The summed E-state index contributed by atoms with van der Waals surface area (Å²) >= 11 is 0. The molecular formula is C40H50O6. The molecule has 2 N–H and O–H groups in total. The van der Waals surface area contributed by atoms with Gasteiger partial charge in [-0.05, 0) is 125 Å². The quantitative estimate of drug-likeness (QED) is 0.215. The molecule has 0 heterocycles. The molecule has 0 bridgehead atoms. The molecule has 3 aromatic carbocycles. The van der Waals surface area contributed by atoms with Crippen LogP contribution >= 0.6 is 0 Å². The van der Waals surface area contributed by atoms with Crippen molar-refractivity contribution in [2.45, 2.75) is 96.9 Å². The van der Waals surface area contributed by atoms with E-state index in [0.717, 1.165) is 60.1 Å². The van der Waals surface area contributed by atoms with Crippen LogP contribution in [0.25, 0.3) is 21.5 Å². The number of benzene rings is 3. The van der Waals surface area contributed by atoms with Gasteiger partial charge in [-0.1, -0.05) is 69.3 Å². The molecule has 3 aromatic rings. The molecule has 0 amide bonds. The van der Waals surface area contributed by atoms with Gasteiger partial charge in [-0.25, -0.2) is 4.79 Å². The first-order chi connectivity index (χ1) is 22.1. The summed E-state index contributed by atoms with van der Waals surface area (Å²) in [6.45, 7) is 6.87. The predicted octanol–water partition coefficient (Wildman–Crippen LogP) is 7.71. The largest absolute Gasteiger partial charge is 0.469 e. The van der Waals surface area contributed by atoms with Gasteiger partial charge in [0, 0.05) is 6.42 Å². The van der Waals surface area contributed by atoms with Gasteiger partial charge in [0.15, 0.2) is 0 Å². The maximum absolute atomic E-state index is 13.9. The van der Waals surface area contributed by atoms with Gasteiger partial charge in [0.2, 0.25) is 0 Å². The van der Waals surface area contributed by atoms with Crippen LogP contribution in [-0.4, -0.2) is 47.6 Å². The number of hydrogen-bond acceptors (Lipinski definition) is 6. The average Bonchev–Trinajstić information content (AvgIpc) is 3.41. The number of rotatable bonds is 6. The SMILES string of the molecule is COC(=O)CC[C@@H](C)[C@H]1CC[C@H]2[C@@H]3[C@H](O)C[C@@H]4C[C@H](OC(=O)c5c6ccccc6cc6ccccc56)CC[C@]4(C)[C@H]3C[C@H](O)[C@]12C. The zero-order valence-corrected chi connectivity index (χ0v) is 27.8. The van der Waals surface area contributed by atoms with Crippen molar-refractivity contribution in [2.75, 3.05) is 7.11 Å². The van der Waals surface area contributed by atoms with E-state index in [9.17, 15) is 19.8 Å². The predicted molar refractivity (Wildman–Crippen MR) is 179 cm³/mol. The number of aliphatic hydroxyl groups excluding tert-OH is 2. The molecule has 0 saturated heterocycles. The second-order valence-corrected chi connectivity index (χ2v) is 15.7. The van der Waals surface area contributed by atoms with Gasteiger partial charge in [-0.2, -0.15) is 0 Å². The normalized spacial score (nSPS) is 37.6. The summed E-state index contributed by atoms with van der Waals surface area (Å²) in [7, 11) is 1.44. The molecule has 0 aromatic heterocycles. The summed E-state index contributed by atoms with van der Waals surface area (Å²) in [5.74, 6) is 1.06. The summed E-state index contributed by atoms with van der Waals surface area (Å²) in [5.41, 5.74) is 0.349. The fraction of sp³-hybridized carbons (Fsp3) is 0.600. The fourth-order valence-electron chi connectivity index (χ4n) is 11.3. The zero-order valence-electron chi connectivity index (χ0n) is 27.8. The molecule has 0 spiro atoms. The van der Waals surface area contributed by atoms with Crippen LogP contribution in [0.4, 0.5) is 0 Å². The molecule has 246 valence electrons. The number of ether oxygens (including phenoxy) is 2. The van der Waals surface area contributed by atoms with Gasteiger partial charge < -0.3 is 19.7 Å². The van der Waals surface area contributed by atoms with Crippen molar-refractivity contribution in [3.8, 4) is 0 Å². The Labute approximate surface area is 272 Å². The lowest BCUT2D eigenvalue weighted by Crippen LogP contribution is -2.62. The molecule has 46 heavy (non-hydrogen) atoms. The second kappa shape index (κ2) is 11.9. The Balaban J connectivity index is 1.09. The minimum absolute atomic E-state index is 0.0180. The number of esters is 2. The van der Waals surface area contributed by atoms with E-state index in [1.54, 1.807) is 0 Å². The third kappa shape index (κ3) is 4.97. The first-order valence-electron chi connectivity index (χ1n) is 17.6. The van der Waals surface area contributed by atoms with Gasteiger partial charge >= 0.3 is 11.9 Å². The molecule has 4 saturated carbocycles. The number of carbonyl (C=O) groups is 2. The summed E-state index contributed by atoms with van der Waals surface area (Å²) in [6, 6.07) is 18.2. The Morgan fingerprint density at radius 1 is 0.913 bits per heavy atom. The molecule has 4 fully saturated rings. The molecule has 0 aliphatic heterocycles. The number of hydrogen-bond donors (Lipinski definition) is 2. The lowest BCUT2D eigenvalue weighted by molar-refractivity contribution is -0.207. The van der Waals surface area contributed by atoms with Crippen LogP contribution in [0.3, 0.4) is 0 Å². The van der Waals surface area contributed by atoms with E-state index in [1.807, 2.05) is 48.5 Å². The highest BCUT2D eigenvalue weighted by Gasteiger charge is 2.65. The van der Waals surface area contributed by atoms with E-state index in [1.165, 1.54) is 7.11 Å². The molecule has 6 nitrogen and oxygen atoms in total. The van der Waals surface area contributed by atoms with E-state index < -0.39 is 12.2 Å². The third-order valence-corrected chi connectivity index (χ3v) is 13.8. The van der Waals surface area contributed by atoms with E-state index in [4.69, 9.17) is 9.47 Å². The van der Waals surface area contributed by atoms with Crippen LogP contribution in [0.5, 0.6) is 0 Å². The smallest absolute Gasteiger partial charge is 0.339 e. The van der Waals surface area contributed by atoms with Gasteiger partial charge in [-0.15, -0.1) is 0 Å². The van der Waals surface area contributed by atoms with Gasteiger partial charge in [0.1, 0.15) is 6.10 Å². The van der Waals surface area contributed by atoms with Crippen LogP contribution < -0.4 is 0 Å². The van der Waals surface area contributed by atoms with Crippen LogP contribution in [0.1, 0.15) is 88.9 Å². The van der Waals surface area contributed by atoms with Crippen molar-refractivity contribution in [1.82, 2.24) is 0 Å². The van der Waals surface area contributed by atoms with E-state index >= 15 is 0 Å². The Morgan fingerprint density at radius 3 is 2.26 bits per heavy atom. The van der Waals surface area contributed by atoms with Gasteiger partial charge in [0.05, 0.1) is 24.9 Å². The molecular weight excluding hydrogens is 576 g/mol. The molecule has 0 unspecified atom stereocenters. The molecule has 4 aliphatic carbocycles. The molecule has 0 radical (unpaired) electrons. The minimum atomic E-state index is -0.440. The monoisotopic (exact) mass is 626 g/mol. The Hall–Kier alpha value is -2.96. The fourth-order valence-corrected chi connectivity index (χ4v) is 11.3. The summed E-state index contributed by atoms with van der Waals surface area (Å²) in [5, 5.41) is 27.7. The van der Waals surface area contributed by atoms with Crippen LogP contribution in [0.2, 0.25) is 0 Å². The van der Waals surface area contributed by atoms with E-state index in [-0.39, 0.29) is 52.5 Å². The topological polar surface area (TPSA) is 93.1 Å². The maximum atomic E-state index is 13.9. The minimum Gasteiger partial charge on any atom is -0.469 e. The van der Waals surface area contributed by atoms with Crippen LogP contribution in [-0.2, 0) is 14.3 Å².